The van der Waals surface area contributed by atoms with Gasteiger partial charge >= 0.3 is 0 Å². The topological polar surface area (TPSA) is 6.48 Å². The van der Waals surface area contributed by atoms with Crippen LogP contribution in [0.2, 0.25) is 0 Å². The van der Waals surface area contributed by atoms with E-state index in [4.69, 9.17) is 0 Å². The fraction of sp³-hybridized carbons (Fsp3) is 0.0222. The van der Waals surface area contributed by atoms with Gasteiger partial charge in [0.05, 0.1) is 11.4 Å². The van der Waals surface area contributed by atoms with Crippen LogP contribution in [0.4, 0.5) is 34.1 Å². The molecule has 0 aromatic heterocycles. The summed E-state index contributed by atoms with van der Waals surface area (Å²) >= 11 is 0. The Morgan fingerprint density at radius 3 is 1.15 bits per heavy atom. The molecule has 8 aromatic rings. The minimum atomic E-state index is 1.13. The van der Waals surface area contributed by atoms with Crippen LogP contribution in [0.1, 0.15) is 5.56 Å². The first-order valence-corrected chi connectivity index (χ1v) is 16.1. The van der Waals surface area contributed by atoms with Crippen molar-refractivity contribution in [1.29, 1.82) is 0 Å². The lowest BCUT2D eigenvalue weighted by atomic mass is 9.89. The molecular weight excluding hydrogens is 569 g/mol. The largest absolute Gasteiger partial charge is 0.310 e. The molecule has 0 radical (unpaired) electrons. The summed E-state index contributed by atoms with van der Waals surface area (Å²) in [7, 11) is 0. The van der Waals surface area contributed by atoms with Crippen molar-refractivity contribution in [2.75, 3.05) is 9.80 Å². The normalized spacial score (nSPS) is 11.1. The number of hydrogen-bond donors (Lipinski definition) is 0. The summed E-state index contributed by atoms with van der Waals surface area (Å²) in [4.78, 5) is 4.73. The molecule has 0 aliphatic rings. The second-order valence-corrected chi connectivity index (χ2v) is 11.8. The van der Waals surface area contributed by atoms with Gasteiger partial charge in [-0.05, 0) is 95.1 Å². The average molecular weight is 603 g/mol. The molecule has 0 amide bonds. The van der Waals surface area contributed by atoms with E-state index < -0.39 is 0 Å². The Bertz CT molecular complexity index is 2220. The molecule has 47 heavy (non-hydrogen) atoms. The van der Waals surface area contributed by atoms with Gasteiger partial charge in [-0.25, -0.2) is 0 Å². The van der Waals surface area contributed by atoms with Crippen LogP contribution in [0.15, 0.2) is 188 Å². The molecule has 0 atom stereocenters. The van der Waals surface area contributed by atoms with Gasteiger partial charge in [-0.2, -0.15) is 0 Å². The molecule has 2 nitrogen and oxygen atoms in total. The highest BCUT2D eigenvalue weighted by Gasteiger charge is 2.21. The lowest BCUT2D eigenvalue weighted by Gasteiger charge is -2.29. The number of aryl methyl sites for hydroxylation is 1. The highest BCUT2D eigenvalue weighted by Crippen LogP contribution is 2.47. The van der Waals surface area contributed by atoms with Crippen molar-refractivity contribution in [3.63, 3.8) is 0 Å². The summed E-state index contributed by atoms with van der Waals surface area (Å²) in [6, 6.07) is 67.2. The molecular formula is C45H34N2. The second-order valence-electron chi connectivity index (χ2n) is 11.8. The molecule has 0 spiro atoms. The molecule has 0 aliphatic carbocycles. The van der Waals surface area contributed by atoms with E-state index in [9.17, 15) is 0 Å². The third-order valence-corrected chi connectivity index (χ3v) is 8.93. The maximum Gasteiger partial charge on any atom is 0.0543 e. The van der Waals surface area contributed by atoms with Crippen LogP contribution in [0.3, 0.4) is 0 Å². The molecule has 224 valence electrons. The van der Waals surface area contributed by atoms with E-state index >= 15 is 0 Å². The van der Waals surface area contributed by atoms with Crippen LogP contribution in [-0.2, 0) is 0 Å². The zero-order chi connectivity index (χ0) is 31.6. The summed E-state index contributed by atoms with van der Waals surface area (Å²) in [5.74, 6) is 0. The first-order chi connectivity index (χ1) is 23.3. The Morgan fingerprint density at radius 2 is 0.681 bits per heavy atom. The number of rotatable bonds is 7. The van der Waals surface area contributed by atoms with Gasteiger partial charge in [0.15, 0.2) is 0 Å². The third-order valence-electron chi connectivity index (χ3n) is 8.93. The van der Waals surface area contributed by atoms with E-state index in [1.807, 2.05) is 0 Å². The zero-order valence-electron chi connectivity index (χ0n) is 26.3. The van der Waals surface area contributed by atoms with Crippen molar-refractivity contribution in [1.82, 2.24) is 0 Å². The minimum absolute atomic E-state index is 1.13. The van der Waals surface area contributed by atoms with Gasteiger partial charge in [-0.1, -0.05) is 127 Å². The molecule has 0 heterocycles. The van der Waals surface area contributed by atoms with Gasteiger partial charge in [-0.15, -0.1) is 0 Å². The number of nitrogens with zero attached hydrogens (tertiary/aromatic N) is 2. The Morgan fingerprint density at radius 1 is 0.319 bits per heavy atom. The summed E-state index contributed by atoms with van der Waals surface area (Å²) in [6.45, 7) is 2.25. The van der Waals surface area contributed by atoms with E-state index in [-0.39, 0.29) is 0 Å². The van der Waals surface area contributed by atoms with Crippen molar-refractivity contribution < 1.29 is 0 Å². The zero-order valence-corrected chi connectivity index (χ0v) is 26.3. The Kier molecular flexibility index (Phi) is 7.45. The molecule has 8 aromatic carbocycles. The number of hydrogen-bond acceptors (Lipinski definition) is 2. The fourth-order valence-corrected chi connectivity index (χ4v) is 6.89. The Labute approximate surface area is 276 Å². The SMILES string of the molecule is Cc1cc(N(c2ccccc2)c2ccccc2)c2ccccc2c1-c1ccc(N(c2ccccc2)c2ccccc2)c2ccccc12. The summed E-state index contributed by atoms with van der Waals surface area (Å²) in [5.41, 5.74) is 10.6. The van der Waals surface area contributed by atoms with E-state index in [1.54, 1.807) is 0 Å². The highest BCUT2D eigenvalue weighted by molar-refractivity contribution is 6.14. The van der Waals surface area contributed by atoms with Gasteiger partial charge in [0.2, 0.25) is 0 Å². The van der Waals surface area contributed by atoms with Crippen molar-refractivity contribution in [3.8, 4) is 11.1 Å². The molecule has 0 fully saturated rings. The van der Waals surface area contributed by atoms with Gasteiger partial charge in [0.1, 0.15) is 0 Å². The first-order valence-electron chi connectivity index (χ1n) is 16.1. The molecule has 0 saturated heterocycles. The molecule has 8 rings (SSSR count). The molecule has 0 aliphatic heterocycles. The van der Waals surface area contributed by atoms with Crippen LogP contribution < -0.4 is 9.80 Å². The monoisotopic (exact) mass is 602 g/mol. The second kappa shape index (κ2) is 12.3. The van der Waals surface area contributed by atoms with Crippen molar-refractivity contribution in [3.05, 3.63) is 194 Å². The lowest BCUT2D eigenvalue weighted by Crippen LogP contribution is -2.11. The molecule has 2 heteroatoms. The van der Waals surface area contributed by atoms with Crippen LogP contribution in [0, 0.1) is 6.92 Å². The summed E-state index contributed by atoms with van der Waals surface area (Å²) in [6.07, 6.45) is 0. The van der Waals surface area contributed by atoms with E-state index in [2.05, 4.69) is 205 Å². The quantitative estimate of drug-likeness (QED) is 0.179. The molecule has 0 bridgehead atoms. The molecule has 0 saturated carbocycles. The minimum Gasteiger partial charge on any atom is -0.310 e. The van der Waals surface area contributed by atoms with Crippen LogP contribution in [0.25, 0.3) is 32.7 Å². The van der Waals surface area contributed by atoms with Crippen molar-refractivity contribution in [2.45, 2.75) is 6.92 Å². The lowest BCUT2D eigenvalue weighted by molar-refractivity contribution is 1.29. The number of fused-ring (bicyclic) bond motifs is 2. The van der Waals surface area contributed by atoms with Crippen LogP contribution >= 0.6 is 0 Å². The van der Waals surface area contributed by atoms with Gasteiger partial charge in [0, 0.05) is 33.5 Å². The number of para-hydroxylation sites is 4. The third kappa shape index (κ3) is 5.20. The van der Waals surface area contributed by atoms with Crippen molar-refractivity contribution in [2.24, 2.45) is 0 Å². The predicted octanol–water partition coefficient (Wildman–Crippen LogP) is 12.9. The number of benzene rings is 8. The fourth-order valence-electron chi connectivity index (χ4n) is 6.89. The first kappa shape index (κ1) is 28.4. The standard InChI is InChI=1S/C45H34N2/c1-33-32-44(47(36-22-10-4-11-23-36)37-24-12-5-13-25-37)40-28-16-17-29-41(40)45(33)42-30-31-43(39-27-15-14-26-38(39)42)46(34-18-6-2-7-19-34)35-20-8-3-9-21-35/h2-32H,1H3. The maximum atomic E-state index is 2.37. The van der Waals surface area contributed by atoms with Gasteiger partial charge < -0.3 is 9.80 Å². The molecule has 0 N–H and O–H groups in total. The average Bonchev–Trinajstić information content (AvgIpc) is 3.14. The van der Waals surface area contributed by atoms with Crippen LogP contribution in [-0.4, -0.2) is 0 Å². The number of anilines is 6. The van der Waals surface area contributed by atoms with Gasteiger partial charge in [0.25, 0.3) is 0 Å². The van der Waals surface area contributed by atoms with Crippen LogP contribution in [0.5, 0.6) is 0 Å². The smallest absolute Gasteiger partial charge is 0.0543 e. The van der Waals surface area contributed by atoms with E-state index in [1.165, 1.54) is 43.9 Å². The predicted molar refractivity (Wildman–Crippen MR) is 201 cm³/mol. The Balaban J connectivity index is 1.36. The van der Waals surface area contributed by atoms with E-state index in [0.717, 1.165) is 28.4 Å². The van der Waals surface area contributed by atoms with Gasteiger partial charge in [-0.3, -0.25) is 0 Å². The Hall–Kier alpha value is -6.12. The molecule has 0 unspecified atom stereocenters. The maximum absolute atomic E-state index is 2.37. The van der Waals surface area contributed by atoms with Crippen molar-refractivity contribution >= 4 is 55.7 Å². The highest BCUT2D eigenvalue weighted by atomic mass is 15.1. The van der Waals surface area contributed by atoms with E-state index in [0.29, 0.717) is 0 Å². The summed E-state index contributed by atoms with van der Waals surface area (Å²) < 4.78 is 0. The summed E-state index contributed by atoms with van der Waals surface area (Å²) in [5, 5.41) is 4.88.